The molecule has 1 aromatic rings. The number of piperidine rings is 1. The van der Waals surface area contributed by atoms with Crippen LogP contribution in [-0.2, 0) is 10.0 Å². The first-order valence-corrected chi connectivity index (χ1v) is 8.04. The summed E-state index contributed by atoms with van der Waals surface area (Å²) >= 11 is 0. The second-order valence-electron chi connectivity index (χ2n) is 4.73. The molecular formula is C13H19FN2O2S. The van der Waals surface area contributed by atoms with Gasteiger partial charge in [-0.3, -0.25) is 0 Å². The summed E-state index contributed by atoms with van der Waals surface area (Å²) in [7, 11) is -3.74. The predicted molar refractivity (Wildman–Crippen MR) is 71.9 cm³/mol. The quantitative estimate of drug-likeness (QED) is 0.894. The molecule has 4 nitrogen and oxygen atoms in total. The van der Waals surface area contributed by atoms with Crippen LogP contribution in [0.5, 0.6) is 0 Å². The Bertz CT molecular complexity index is 513. The van der Waals surface area contributed by atoms with Crippen molar-refractivity contribution in [3.05, 3.63) is 30.1 Å². The van der Waals surface area contributed by atoms with E-state index in [1.165, 1.54) is 37.5 Å². The highest BCUT2D eigenvalue weighted by atomic mass is 32.2. The van der Waals surface area contributed by atoms with Gasteiger partial charge in [0.15, 0.2) is 0 Å². The van der Waals surface area contributed by atoms with Crippen molar-refractivity contribution in [2.75, 3.05) is 26.2 Å². The minimum absolute atomic E-state index is 0.284. The molecule has 1 heterocycles. The lowest BCUT2D eigenvalue weighted by Gasteiger charge is -2.26. The lowest BCUT2D eigenvalue weighted by molar-refractivity contribution is 0.232. The van der Waals surface area contributed by atoms with Gasteiger partial charge in [-0.25, -0.2) is 17.5 Å². The van der Waals surface area contributed by atoms with Gasteiger partial charge in [-0.15, -0.1) is 0 Å². The number of likely N-dealkylation sites (tertiary alicyclic amines) is 1. The highest BCUT2D eigenvalue weighted by Crippen LogP contribution is 2.13. The van der Waals surface area contributed by atoms with Crippen LogP contribution in [0.4, 0.5) is 4.39 Å². The zero-order valence-corrected chi connectivity index (χ0v) is 11.6. The van der Waals surface area contributed by atoms with Crippen LogP contribution in [0, 0.1) is 5.82 Å². The molecule has 0 atom stereocenters. The summed E-state index contributed by atoms with van der Waals surface area (Å²) in [5.74, 6) is -0.715. The Balaban J connectivity index is 1.89. The fourth-order valence-corrected chi connectivity index (χ4v) is 3.36. The number of benzene rings is 1. The van der Waals surface area contributed by atoms with Crippen LogP contribution in [-0.4, -0.2) is 39.5 Å². The second kappa shape index (κ2) is 6.45. The summed E-state index contributed by atoms with van der Waals surface area (Å²) in [6.07, 6.45) is 3.58. The lowest BCUT2D eigenvalue weighted by Crippen LogP contribution is -2.37. The van der Waals surface area contributed by atoms with Crippen molar-refractivity contribution in [3.63, 3.8) is 0 Å². The largest absolute Gasteiger partial charge is 0.302 e. The van der Waals surface area contributed by atoms with Crippen LogP contribution in [0.1, 0.15) is 19.3 Å². The molecule has 0 unspecified atom stereocenters. The Morgan fingerprint density at radius 2 is 1.84 bits per heavy atom. The first-order chi connectivity index (χ1) is 9.09. The molecule has 0 aromatic heterocycles. The molecule has 1 N–H and O–H groups in total. The summed E-state index contributed by atoms with van der Waals surface area (Å²) in [5, 5.41) is 0. The van der Waals surface area contributed by atoms with Gasteiger partial charge >= 0.3 is 0 Å². The van der Waals surface area contributed by atoms with Crippen LogP contribution in [0.15, 0.2) is 29.2 Å². The monoisotopic (exact) mass is 286 g/mol. The summed E-state index contributed by atoms with van der Waals surface area (Å²) in [5.41, 5.74) is 0. The molecule has 0 amide bonds. The SMILES string of the molecule is O=S(=O)(NCCN1CCCCC1)c1ccccc1F. The Kier molecular flexibility index (Phi) is 4.90. The van der Waals surface area contributed by atoms with Gasteiger partial charge in [0.25, 0.3) is 0 Å². The Morgan fingerprint density at radius 1 is 1.16 bits per heavy atom. The van der Waals surface area contributed by atoms with Crippen molar-refractivity contribution in [1.82, 2.24) is 9.62 Å². The summed E-state index contributed by atoms with van der Waals surface area (Å²) in [6, 6.07) is 5.42. The van der Waals surface area contributed by atoms with Crippen LogP contribution in [0.25, 0.3) is 0 Å². The predicted octanol–water partition coefficient (Wildman–Crippen LogP) is 1.59. The number of sulfonamides is 1. The van der Waals surface area contributed by atoms with E-state index in [0.717, 1.165) is 19.2 Å². The van der Waals surface area contributed by atoms with E-state index >= 15 is 0 Å². The first kappa shape index (κ1) is 14.4. The molecule has 1 aromatic carbocycles. The molecule has 0 saturated carbocycles. The van der Waals surface area contributed by atoms with Gasteiger partial charge in [0.1, 0.15) is 10.7 Å². The topological polar surface area (TPSA) is 49.4 Å². The molecule has 1 fully saturated rings. The number of rotatable bonds is 5. The van der Waals surface area contributed by atoms with E-state index < -0.39 is 15.8 Å². The Morgan fingerprint density at radius 3 is 2.53 bits per heavy atom. The van der Waals surface area contributed by atoms with Crippen molar-refractivity contribution in [1.29, 1.82) is 0 Å². The second-order valence-corrected chi connectivity index (χ2v) is 6.47. The number of hydrogen-bond donors (Lipinski definition) is 1. The lowest BCUT2D eigenvalue weighted by atomic mass is 10.1. The molecule has 19 heavy (non-hydrogen) atoms. The van der Waals surface area contributed by atoms with E-state index in [9.17, 15) is 12.8 Å². The molecule has 1 aliphatic rings. The van der Waals surface area contributed by atoms with Crippen molar-refractivity contribution >= 4 is 10.0 Å². The average Bonchev–Trinajstić information content (AvgIpc) is 2.40. The molecule has 0 aliphatic carbocycles. The Labute approximate surface area is 113 Å². The molecule has 6 heteroatoms. The standard InChI is InChI=1S/C13H19FN2O2S/c14-12-6-2-3-7-13(12)19(17,18)15-8-11-16-9-4-1-5-10-16/h2-3,6-7,15H,1,4-5,8-11H2. The van der Waals surface area contributed by atoms with Crippen molar-refractivity contribution in [2.24, 2.45) is 0 Å². The smallest absolute Gasteiger partial charge is 0.243 e. The van der Waals surface area contributed by atoms with E-state index in [0.29, 0.717) is 13.1 Å². The maximum atomic E-state index is 13.4. The number of nitrogens with one attached hydrogen (secondary N) is 1. The maximum Gasteiger partial charge on any atom is 0.243 e. The fraction of sp³-hybridized carbons (Fsp3) is 0.538. The highest BCUT2D eigenvalue weighted by Gasteiger charge is 2.18. The third-order valence-electron chi connectivity index (χ3n) is 3.29. The van der Waals surface area contributed by atoms with Gasteiger partial charge in [-0.05, 0) is 38.1 Å². The van der Waals surface area contributed by atoms with E-state index in [4.69, 9.17) is 0 Å². The van der Waals surface area contributed by atoms with Crippen LogP contribution in [0.2, 0.25) is 0 Å². The highest BCUT2D eigenvalue weighted by molar-refractivity contribution is 7.89. The van der Waals surface area contributed by atoms with Crippen LogP contribution in [0.3, 0.4) is 0 Å². The van der Waals surface area contributed by atoms with Gasteiger partial charge in [0, 0.05) is 13.1 Å². The minimum Gasteiger partial charge on any atom is -0.302 e. The van der Waals surface area contributed by atoms with E-state index in [1.54, 1.807) is 0 Å². The van der Waals surface area contributed by atoms with Crippen LogP contribution < -0.4 is 4.72 Å². The van der Waals surface area contributed by atoms with Gasteiger partial charge in [-0.1, -0.05) is 18.6 Å². The first-order valence-electron chi connectivity index (χ1n) is 6.56. The van der Waals surface area contributed by atoms with Crippen molar-refractivity contribution in [3.8, 4) is 0 Å². The summed E-state index contributed by atoms with van der Waals surface area (Å²) in [6.45, 7) is 3.02. The van der Waals surface area contributed by atoms with Crippen molar-refractivity contribution in [2.45, 2.75) is 24.2 Å². The van der Waals surface area contributed by atoms with E-state index in [-0.39, 0.29) is 4.90 Å². The molecule has 0 bridgehead atoms. The fourth-order valence-electron chi connectivity index (χ4n) is 2.26. The van der Waals surface area contributed by atoms with Crippen molar-refractivity contribution < 1.29 is 12.8 Å². The summed E-state index contributed by atoms with van der Waals surface area (Å²) in [4.78, 5) is 1.95. The molecule has 106 valence electrons. The van der Waals surface area contributed by atoms with Gasteiger partial charge < -0.3 is 4.90 Å². The maximum absolute atomic E-state index is 13.4. The third kappa shape index (κ3) is 3.99. The minimum atomic E-state index is -3.74. The molecule has 1 saturated heterocycles. The zero-order valence-electron chi connectivity index (χ0n) is 10.8. The molecular weight excluding hydrogens is 267 g/mol. The molecule has 1 aliphatic heterocycles. The van der Waals surface area contributed by atoms with E-state index in [1.807, 2.05) is 0 Å². The average molecular weight is 286 g/mol. The third-order valence-corrected chi connectivity index (χ3v) is 4.79. The molecule has 2 rings (SSSR count). The number of halogens is 1. The Hall–Kier alpha value is -0.980. The number of nitrogens with zero attached hydrogens (tertiary/aromatic N) is 1. The van der Waals surface area contributed by atoms with E-state index in [2.05, 4.69) is 9.62 Å². The van der Waals surface area contributed by atoms with Gasteiger partial charge in [0.2, 0.25) is 10.0 Å². The van der Waals surface area contributed by atoms with Gasteiger partial charge in [0.05, 0.1) is 0 Å². The molecule has 0 spiro atoms. The zero-order chi connectivity index (χ0) is 13.7. The van der Waals surface area contributed by atoms with Gasteiger partial charge in [-0.2, -0.15) is 0 Å². The number of hydrogen-bond acceptors (Lipinski definition) is 3. The summed E-state index contributed by atoms with van der Waals surface area (Å²) < 4.78 is 39.7. The van der Waals surface area contributed by atoms with Crippen LogP contribution >= 0.6 is 0 Å². The molecule has 0 radical (unpaired) electrons. The normalized spacial score (nSPS) is 17.5.